The van der Waals surface area contributed by atoms with E-state index in [2.05, 4.69) is 37.3 Å². The van der Waals surface area contributed by atoms with Crippen molar-refractivity contribution < 1.29 is 0 Å². The molecule has 1 saturated carbocycles. The first-order valence-corrected chi connectivity index (χ1v) is 9.14. The van der Waals surface area contributed by atoms with Crippen LogP contribution in [0.25, 0.3) is 0 Å². The first-order valence-electron chi connectivity index (χ1n) is 9.14. The highest BCUT2D eigenvalue weighted by Gasteiger charge is 2.19. The summed E-state index contributed by atoms with van der Waals surface area (Å²) in [5, 5.41) is 15.7. The number of hydrogen-bond acceptors (Lipinski definition) is 3. The smallest absolute Gasteiger partial charge is 0.191 e. The Morgan fingerprint density at radius 2 is 2.00 bits per heavy atom. The van der Waals surface area contributed by atoms with Crippen LogP contribution < -0.4 is 10.6 Å². The Labute approximate surface area is 139 Å². The zero-order chi connectivity index (χ0) is 16.1. The van der Waals surface area contributed by atoms with Gasteiger partial charge in [0.15, 0.2) is 11.8 Å². The molecule has 2 N–H and O–H groups in total. The van der Waals surface area contributed by atoms with Gasteiger partial charge in [0.2, 0.25) is 0 Å². The Hall–Kier alpha value is -1.59. The normalized spacial score (nSPS) is 25.6. The molecule has 6 heteroatoms. The lowest BCUT2D eigenvalue weighted by Crippen LogP contribution is -2.44. The molecule has 0 unspecified atom stereocenters. The molecule has 2 heterocycles. The average molecular weight is 318 g/mol. The summed E-state index contributed by atoms with van der Waals surface area (Å²) in [7, 11) is 1.84. The van der Waals surface area contributed by atoms with E-state index in [-0.39, 0.29) is 0 Å². The second-order valence-electron chi connectivity index (χ2n) is 7.02. The van der Waals surface area contributed by atoms with Gasteiger partial charge in [-0.3, -0.25) is 4.99 Å². The number of rotatable bonds is 3. The Morgan fingerprint density at radius 1 is 1.17 bits per heavy atom. The van der Waals surface area contributed by atoms with Gasteiger partial charge in [0, 0.05) is 26.1 Å². The third-order valence-electron chi connectivity index (χ3n) is 5.18. The topological polar surface area (TPSA) is 67.1 Å². The SMILES string of the molecule is CN=C(NCc1nnc2n1CCCCC2)NC1CCC(C)CC1. The predicted octanol–water partition coefficient (Wildman–Crippen LogP) is 2.25. The van der Waals surface area contributed by atoms with Crippen molar-refractivity contribution in [3.63, 3.8) is 0 Å². The van der Waals surface area contributed by atoms with E-state index in [9.17, 15) is 0 Å². The fourth-order valence-corrected chi connectivity index (χ4v) is 3.63. The molecule has 0 radical (unpaired) electrons. The summed E-state index contributed by atoms with van der Waals surface area (Å²) in [6.07, 6.45) is 9.91. The molecule has 0 amide bonds. The number of fused-ring (bicyclic) bond motifs is 1. The first kappa shape index (κ1) is 16.3. The number of hydrogen-bond donors (Lipinski definition) is 2. The number of nitrogens with zero attached hydrogens (tertiary/aromatic N) is 4. The summed E-state index contributed by atoms with van der Waals surface area (Å²) >= 11 is 0. The molecule has 128 valence electrons. The van der Waals surface area contributed by atoms with Crippen LogP contribution in [0.4, 0.5) is 0 Å². The fourth-order valence-electron chi connectivity index (χ4n) is 3.63. The summed E-state index contributed by atoms with van der Waals surface area (Å²) in [5.74, 6) is 3.93. The van der Waals surface area contributed by atoms with Gasteiger partial charge in [-0.15, -0.1) is 10.2 Å². The fraction of sp³-hybridized carbons (Fsp3) is 0.824. The Kier molecular flexibility index (Phi) is 5.51. The average Bonchev–Trinajstić information content (AvgIpc) is 2.80. The minimum absolute atomic E-state index is 0.549. The van der Waals surface area contributed by atoms with Crippen molar-refractivity contribution >= 4 is 5.96 Å². The van der Waals surface area contributed by atoms with Crippen molar-refractivity contribution in [3.8, 4) is 0 Å². The summed E-state index contributed by atoms with van der Waals surface area (Å²) in [6.45, 7) is 4.09. The monoisotopic (exact) mass is 318 g/mol. The summed E-state index contributed by atoms with van der Waals surface area (Å²) in [5.41, 5.74) is 0. The predicted molar refractivity (Wildman–Crippen MR) is 92.3 cm³/mol. The zero-order valence-electron chi connectivity index (χ0n) is 14.5. The van der Waals surface area contributed by atoms with Gasteiger partial charge in [-0.05, 0) is 44.4 Å². The van der Waals surface area contributed by atoms with Crippen LogP contribution in [0, 0.1) is 5.92 Å². The van der Waals surface area contributed by atoms with E-state index >= 15 is 0 Å². The van der Waals surface area contributed by atoms with Crippen LogP contribution in [0.3, 0.4) is 0 Å². The number of aromatic nitrogens is 3. The van der Waals surface area contributed by atoms with Gasteiger partial charge in [0.25, 0.3) is 0 Å². The van der Waals surface area contributed by atoms with Crippen LogP contribution in [-0.2, 0) is 19.5 Å². The third kappa shape index (κ3) is 4.24. The molecule has 1 fully saturated rings. The Bertz CT molecular complexity index is 527. The quantitative estimate of drug-likeness (QED) is 0.662. The van der Waals surface area contributed by atoms with E-state index in [4.69, 9.17) is 0 Å². The van der Waals surface area contributed by atoms with Gasteiger partial charge in [-0.25, -0.2) is 0 Å². The van der Waals surface area contributed by atoms with Gasteiger partial charge in [0.1, 0.15) is 5.82 Å². The van der Waals surface area contributed by atoms with Crippen LogP contribution in [0.1, 0.15) is 63.5 Å². The van der Waals surface area contributed by atoms with Gasteiger partial charge < -0.3 is 15.2 Å². The van der Waals surface area contributed by atoms with E-state index in [0.717, 1.165) is 36.5 Å². The molecule has 0 atom stereocenters. The van der Waals surface area contributed by atoms with E-state index in [1.165, 1.54) is 44.9 Å². The molecular weight excluding hydrogens is 288 g/mol. The minimum Gasteiger partial charge on any atom is -0.354 e. The van der Waals surface area contributed by atoms with Gasteiger partial charge >= 0.3 is 0 Å². The molecule has 0 aromatic carbocycles. The van der Waals surface area contributed by atoms with Crippen molar-refractivity contribution in [1.82, 2.24) is 25.4 Å². The van der Waals surface area contributed by atoms with Gasteiger partial charge in [-0.2, -0.15) is 0 Å². The number of nitrogens with one attached hydrogen (secondary N) is 2. The maximum absolute atomic E-state index is 4.37. The molecule has 2 aliphatic rings. The lowest BCUT2D eigenvalue weighted by Gasteiger charge is -2.28. The highest BCUT2D eigenvalue weighted by Crippen LogP contribution is 2.23. The van der Waals surface area contributed by atoms with Crippen LogP contribution in [0.2, 0.25) is 0 Å². The molecule has 23 heavy (non-hydrogen) atoms. The van der Waals surface area contributed by atoms with Crippen LogP contribution >= 0.6 is 0 Å². The first-order chi connectivity index (χ1) is 11.3. The van der Waals surface area contributed by atoms with Crippen molar-refractivity contribution in [2.24, 2.45) is 10.9 Å². The standard InChI is InChI=1S/C17H30N6/c1-13-7-9-14(10-8-13)20-17(18-2)19-12-16-22-21-15-6-4-3-5-11-23(15)16/h13-14H,3-12H2,1-2H3,(H2,18,19,20). The molecule has 1 aliphatic heterocycles. The molecule has 1 aromatic rings. The molecule has 6 nitrogen and oxygen atoms in total. The molecule has 1 aromatic heterocycles. The maximum atomic E-state index is 4.37. The van der Waals surface area contributed by atoms with Crippen molar-refractivity contribution in [2.75, 3.05) is 7.05 Å². The third-order valence-corrected chi connectivity index (χ3v) is 5.18. The van der Waals surface area contributed by atoms with Gasteiger partial charge in [-0.1, -0.05) is 13.3 Å². The molecule has 0 saturated heterocycles. The number of aliphatic imine (C=N–C) groups is 1. The number of aryl methyl sites for hydroxylation is 1. The van der Waals surface area contributed by atoms with Crippen LogP contribution in [-0.4, -0.2) is 33.8 Å². The maximum Gasteiger partial charge on any atom is 0.191 e. The second kappa shape index (κ2) is 7.79. The number of guanidine groups is 1. The lowest BCUT2D eigenvalue weighted by atomic mass is 9.87. The highest BCUT2D eigenvalue weighted by molar-refractivity contribution is 5.79. The molecule has 1 aliphatic carbocycles. The highest BCUT2D eigenvalue weighted by atomic mass is 15.3. The van der Waals surface area contributed by atoms with E-state index < -0.39 is 0 Å². The lowest BCUT2D eigenvalue weighted by molar-refractivity contribution is 0.329. The van der Waals surface area contributed by atoms with E-state index in [0.29, 0.717) is 12.6 Å². The van der Waals surface area contributed by atoms with E-state index in [1.807, 2.05) is 7.05 Å². The summed E-state index contributed by atoms with van der Waals surface area (Å²) in [6, 6.07) is 0.549. The molecule has 0 bridgehead atoms. The molecular formula is C17H30N6. The largest absolute Gasteiger partial charge is 0.354 e. The zero-order valence-corrected chi connectivity index (χ0v) is 14.5. The van der Waals surface area contributed by atoms with Crippen LogP contribution in [0.15, 0.2) is 4.99 Å². The summed E-state index contributed by atoms with van der Waals surface area (Å²) < 4.78 is 2.29. The Morgan fingerprint density at radius 3 is 2.78 bits per heavy atom. The van der Waals surface area contributed by atoms with Crippen molar-refractivity contribution in [3.05, 3.63) is 11.6 Å². The second-order valence-corrected chi connectivity index (χ2v) is 7.02. The minimum atomic E-state index is 0.549. The Balaban J connectivity index is 1.53. The molecule has 3 rings (SSSR count). The van der Waals surface area contributed by atoms with Crippen LogP contribution in [0.5, 0.6) is 0 Å². The van der Waals surface area contributed by atoms with Gasteiger partial charge in [0.05, 0.1) is 6.54 Å². The summed E-state index contributed by atoms with van der Waals surface area (Å²) in [4.78, 5) is 4.37. The van der Waals surface area contributed by atoms with Crippen molar-refractivity contribution in [1.29, 1.82) is 0 Å². The molecule has 0 spiro atoms. The van der Waals surface area contributed by atoms with E-state index in [1.54, 1.807) is 0 Å². The van der Waals surface area contributed by atoms with Crippen molar-refractivity contribution in [2.45, 2.75) is 77.4 Å².